The second-order valence-corrected chi connectivity index (χ2v) is 10.8. The first kappa shape index (κ1) is 20.0. The third kappa shape index (κ3) is 3.89. The van der Waals surface area contributed by atoms with Crippen LogP contribution in [0.2, 0.25) is 0 Å². The molecule has 2 heterocycles. The number of piperidine rings is 1. The zero-order chi connectivity index (χ0) is 20.7. The maximum Gasteiger partial charge on any atom is 0.0545 e. The summed E-state index contributed by atoms with van der Waals surface area (Å²) >= 11 is 3.78. The Bertz CT molecular complexity index is 1030. The smallest absolute Gasteiger partial charge is 0.0545 e. The van der Waals surface area contributed by atoms with Gasteiger partial charge in [-0.3, -0.25) is 0 Å². The number of nitrogens with zero attached hydrogens (tertiary/aromatic N) is 2. The van der Waals surface area contributed by atoms with Gasteiger partial charge in [-0.1, -0.05) is 59.4 Å². The van der Waals surface area contributed by atoms with Crippen molar-refractivity contribution in [1.29, 1.82) is 0 Å². The summed E-state index contributed by atoms with van der Waals surface area (Å²) in [5, 5.41) is 0. The minimum absolute atomic E-state index is 0.595. The minimum Gasteiger partial charge on any atom is -0.370 e. The highest BCUT2D eigenvalue weighted by Gasteiger charge is 2.41. The number of benzene rings is 3. The van der Waals surface area contributed by atoms with Crippen molar-refractivity contribution in [3.63, 3.8) is 0 Å². The van der Waals surface area contributed by atoms with E-state index in [0.29, 0.717) is 12.0 Å². The van der Waals surface area contributed by atoms with Gasteiger partial charge in [-0.15, -0.1) is 0 Å². The predicted octanol–water partition coefficient (Wildman–Crippen LogP) is 6.53. The minimum atomic E-state index is 0.595. The predicted molar refractivity (Wildman–Crippen MR) is 129 cm³/mol. The van der Waals surface area contributed by atoms with E-state index in [2.05, 4.69) is 97.5 Å². The molecule has 3 aromatic rings. The number of aryl methyl sites for hydroxylation is 1. The Kier molecular flexibility index (Phi) is 5.57. The molecule has 5 rings (SSSR count). The second-order valence-electron chi connectivity index (χ2n) is 8.53. The summed E-state index contributed by atoms with van der Waals surface area (Å²) in [5.74, 6) is 0.595. The first-order chi connectivity index (χ1) is 14.6. The summed E-state index contributed by atoms with van der Waals surface area (Å²) in [7, 11) is 4.57. The van der Waals surface area contributed by atoms with Gasteiger partial charge in [0.1, 0.15) is 0 Å². The molecule has 2 aliphatic rings. The Labute approximate surface area is 188 Å². The molecule has 0 aliphatic carbocycles. The topological polar surface area (TPSA) is 6.48 Å². The lowest BCUT2D eigenvalue weighted by Crippen LogP contribution is -2.43. The molecule has 30 heavy (non-hydrogen) atoms. The van der Waals surface area contributed by atoms with Crippen molar-refractivity contribution in [1.82, 2.24) is 4.90 Å². The molecule has 0 unspecified atom stereocenters. The zero-order valence-corrected chi connectivity index (χ0v) is 19.5. The summed E-state index contributed by atoms with van der Waals surface area (Å²) in [6.07, 6.45) is 1.24. The lowest BCUT2D eigenvalue weighted by molar-refractivity contribution is 0.234. The van der Waals surface area contributed by atoms with Crippen LogP contribution in [0.1, 0.15) is 23.5 Å². The SMILES string of the molecule is Cc1ccc(Sc2cc(Sc3ccccc3)cc3c2N(C)[C@@H]2CCN(C)C[C@@H]32)cc1. The van der Waals surface area contributed by atoms with Crippen LogP contribution in [0, 0.1) is 6.92 Å². The number of hydrogen-bond acceptors (Lipinski definition) is 4. The zero-order valence-electron chi connectivity index (χ0n) is 17.8. The third-order valence-corrected chi connectivity index (χ3v) is 8.35. The Morgan fingerprint density at radius 1 is 0.833 bits per heavy atom. The largest absolute Gasteiger partial charge is 0.370 e. The van der Waals surface area contributed by atoms with Gasteiger partial charge in [-0.25, -0.2) is 0 Å². The highest BCUT2D eigenvalue weighted by Crippen LogP contribution is 2.51. The van der Waals surface area contributed by atoms with Gasteiger partial charge >= 0.3 is 0 Å². The van der Waals surface area contributed by atoms with Crippen molar-refractivity contribution in [3.8, 4) is 0 Å². The van der Waals surface area contributed by atoms with Crippen LogP contribution in [0.15, 0.2) is 86.3 Å². The Balaban J connectivity index is 1.57. The molecule has 4 heteroatoms. The average Bonchev–Trinajstić information content (AvgIpc) is 3.02. The Morgan fingerprint density at radius 3 is 2.33 bits per heavy atom. The number of hydrogen-bond donors (Lipinski definition) is 0. The van der Waals surface area contributed by atoms with Crippen molar-refractivity contribution >= 4 is 29.2 Å². The molecule has 0 bridgehead atoms. The van der Waals surface area contributed by atoms with Gasteiger partial charge in [0.05, 0.1) is 5.69 Å². The van der Waals surface area contributed by atoms with Gasteiger partial charge in [0.15, 0.2) is 0 Å². The number of fused-ring (bicyclic) bond motifs is 3. The van der Waals surface area contributed by atoms with E-state index < -0.39 is 0 Å². The Morgan fingerprint density at radius 2 is 1.57 bits per heavy atom. The summed E-state index contributed by atoms with van der Waals surface area (Å²) < 4.78 is 0. The van der Waals surface area contributed by atoms with E-state index in [1.54, 1.807) is 0 Å². The Hall–Kier alpha value is -1.88. The van der Waals surface area contributed by atoms with E-state index >= 15 is 0 Å². The van der Waals surface area contributed by atoms with Crippen molar-refractivity contribution < 1.29 is 0 Å². The van der Waals surface area contributed by atoms with E-state index in [0.717, 1.165) is 6.54 Å². The molecule has 1 saturated heterocycles. The van der Waals surface area contributed by atoms with Crippen LogP contribution in [-0.2, 0) is 0 Å². The van der Waals surface area contributed by atoms with E-state index in [1.165, 1.54) is 49.4 Å². The number of anilines is 1. The molecule has 0 spiro atoms. The molecule has 2 nitrogen and oxygen atoms in total. The molecule has 1 fully saturated rings. The van der Waals surface area contributed by atoms with Crippen LogP contribution in [0.3, 0.4) is 0 Å². The molecule has 154 valence electrons. The van der Waals surface area contributed by atoms with Gasteiger partial charge < -0.3 is 9.80 Å². The van der Waals surface area contributed by atoms with E-state index in [-0.39, 0.29) is 0 Å². The normalized spacial score (nSPS) is 20.8. The molecule has 0 amide bonds. The average molecular weight is 433 g/mol. The van der Waals surface area contributed by atoms with Crippen LogP contribution in [-0.4, -0.2) is 38.1 Å². The fraction of sp³-hybridized carbons (Fsp3) is 0.308. The van der Waals surface area contributed by atoms with E-state index in [1.807, 2.05) is 23.5 Å². The summed E-state index contributed by atoms with van der Waals surface area (Å²) in [4.78, 5) is 10.4. The fourth-order valence-corrected chi connectivity index (χ4v) is 6.87. The second kappa shape index (κ2) is 8.33. The van der Waals surface area contributed by atoms with Crippen molar-refractivity contribution in [2.45, 2.75) is 44.9 Å². The maximum absolute atomic E-state index is 2.57. The summed E-state index contributed by atoms with van der Waals surface area (Å²) in [6.45, 7) is 4.49. The lowest BCUT2D eigenvalue weighted by Gasteiger charge is -2.35. The van der Waals surface area contributed by atoms with Crippen molar-refractivity contribution in [3.05, 3.63) is 77.9 Å². The van der Waals surface area contributed by atoms with E-state index in [9.17, 15) is 0 Å². The highest BCUT2D eigenvalue weighted by molar-refractivity contribution is 8.00. The lowest BCUT2D eigenvalue weighted by atomic mass is 9.89. The maximum atomic E-state index is 2.57. The fourth-order valence-electron chi connectivity index (χ4n) is 4.80. The summed E-state index contributed by atoms with van der Waals surface area (Å²) in [6, 6.07) is 25.1. The molecule has 0 radical (unpaired) electrons. The van der Waals surface area contributed by atoms with Crippen molar-refractivity contribution in [2.75, 3.05) is 32.1 Å². The van der Waals surface area contributed by atoms with Crippen molar-refractivity contribution in [2.24, 2.45) is 0 Å². The van der Waals surface area contributed by atoms with Crippen LogP contribution >= 0.6 is 23.5 Å². The molecular formula is C26H28N2S2. The molecule has 0 aromatic heterocycles. The van der Waals surface area contributed by atoms with E-state index in [4.69, 9.17) is 0 Å². The molecule has 2 aliphatic heterocycles. The molecule has 2 atom stereocenters. The van der Waals surface area contributed by atoms with Gasteiger partial charge in [0, 0.05) is 45.1 Å². The monoisotopic (exact) mass is 432 g/mol. The third-order valence-electron chi connectivity index (χ3n) is 6.33. The molecule has 0 N–H and O–H groups in total. The van der Waals surface area contributed by atoms with Gasteiger partial charge in [-0.05, 0) is 68.9 Å². The quantitative estimate of drug-likeness (QED) is 0.462. The van der Waals surface area contributed by atoms with Crippen LogP contribution in [0.4, 0.5) is 5.69 Å². The van der Waals surface area contributed by atoms with Crippen LogP contribution < -0.4 is 4.90 Å². The molecular weight excluding hydrogens is 404 g/mol. The number of rotatable bonds is 4. The first-order valence-corrected chi connectivity index (χ1v) is 12.3. The number of likely N-dealkylation sites (tertiary alicyclic amines) is 1. The highest BCUT2D eigenvalue weighted by atomic mass is 32.2. The molecule has 0 saturated carbocycles. The first-order valence-electron chi connectivity index (χ1n) is 10.7. The van der Waals surface area contributed by atoms with Gasteiger partial charge in [-0.2, -0.15) is 0 Å². The van der Waals surface area contributed by atoms with Gasteiger partial charge in [0.2, 0.25) is 0 Å². The van der Waals surface area contributed by atoms with Crippen LogP contribution in [0.25, 0.3) is 0 Å². The summed E-state index contributed by atoms with van der Waals surface area (Å²) in [5.41, 5.74) is 4.29. The van der Waals surface area contributed by atoms with Gasteiger partial charge in [0.25, 0.3) is 0 Å². The number of likely N-dealkylation sites (N-methyl/N-ethyl adjacent to an activating group) is 2. The van der Waals surface area contributed by atoms with Crippen LogP contribution in [0.5, 0.6) is 0 Å². The molecule has 3 aromatic carbocycles. The standard InChI is InChI=1S/C26H28N2S2/c1-18-9-11-20(12-10-18)30-25-16-21(29-19-7-5-4-6-8-19)15-22-23-17-27(2)14-13-24(23)28(3)26(22)25/h4-12,15-16,23-24H,13-14,17H2,1-3H3/t23-,24+/m0/s1.